The van der Waals surface area contributed by atoms with E-state index < -0.39 is 12.2 Å². The molecule has 0 heterocycles. The predicted octanol–water partition coefficient (Wildman–Crippen LogP) is 10.8. The summed E-state index contributed by atoms with van der Waals surface area (Å²) in [5, 5.41) is 0. The fourth-order valence-electron chi connectivity index (χ4n) is 6.67. The Kier molecular flexibility index (Phi) is 19.5. The molecule has 0 N–H and O–H groups in total. The minimum atomic E-state index is -0.633. The van der Waals surface area contributed by atoms with Crippen molar-refractivity contribution in [2.75, 3.05) is 39.6 Å². The number of ether oxygens (including phenoxy) is 6. The molecule has 5 aromatic carbocycles. The maximum atomic E-state index is 12.3. The summed E-state index contributed by atoms with van der Waals surface area (Å²) in [5.41, 5.74) is 9.74. The standard InChI is InChI=1S/C56H58O8/c1-7-59-53(55(57)61-9-3)39-44-23-29-48(30-24-44)63-36-34-41(5)20-22-43-27-33-51(52(38-43)46-16-12-11-13-17-46)50-19-15-14-18-47(50)28-21-42(6)35-37-64-49-31-25-45(26-32-49)40-54(60-8-2)56(58)62-10-4/h11-19,23-27,29-35,38,53-54H,7-10,36-37,39-40H2,1-6H3/b41-34+,42-35+. The third-order valence-electron chi connectivity index (χ3n) is 9.92. The molecule has 0 aliphatic carbocycles. The van der Waals surface area contributed by atoms with Gasteiger partial charge in [-0.3, -0.25) is 0 Å². The number of carbonyl (C=O) groups is 2. The summed E-state index contributed by atoms with van der Waals surface area (Å²) in [6.45, 7) is 13.5. The Bertz CT molecular complexity index is 2460. The molecule has 8 heteroatoms. The van der Waals surface area contributed by atoms with Gasteiger partial charge in [0, 0.05) is 37.2 Å². The number of allylic oxidation sites excluding steroid dienone is 2. The summed E-state index contributed by atoms with van der Waals surface area (Å²) < 4.78 is 33.5. The number of hydrogen-bond donors (Lipinski definition) is 0. The van der Waals surface area contributed by atoms with Crippen molar-refractivity contribution >= 4 is 11.9 Å². The maximum absolute atomic E-state index is 12.3. The van der Waals surface area contributed by atoms with Gasteiger partial charge in [0.2, 0.25) is 0 Å². The molecule has 0 amide bonds. The predicted molar refractivity (Wildman–Crippen MR) is 254 cm³/mol. The van der Waals surface area contributed by atoms with Gasteiger partial charge in [-0.2, -0.15) is 0 Å². The van der Waals surface area contributed by atoms with Crippen LogP contribution in [0.5, 0.6) is 11.5 Å². The molecule has 2 unspecified atom stereocenters. The monoisotopic (exact) mass is 858 g/mol. The van der Waals surface area contributed by atoms with Crippen LogP contribution in [0.4, 0.5) is 0 Å². The van der Waals surface area contributed by atoms with E-state index in [1.165, 1.54) is 0 Å². The second kappa shape index (κ2) is 25.9. The van der Waals surface area contributed by atoms with Crippen molar-refractivity contribution in [3.63, 3.8) is 0 Å². The molecule has 330 valence electrons. The van der Waals surface area contributed by atoms with Crippen LogP contribution in [0.3, 0.4) is 0 Å². The van der Waals surface area contributed by atoms with Crippen LogP contribution in [0, 0.1) is 23.7 Å². The van der Waals surface area contributed by atoms with Crippen molar-refractivity contribution in [2.24, 2.45) is 0 Å². The van der Waals surface area contributed by atoms with Gasteiger partial charge in [-0.25, -0.2) is 9.59 Å². The fraction of sp³-hybridized carbons (Fsp3) is 0.286. The number of benzene rings is 5. The minimum Gasteiger partial charge on any atom is -0.490 e. The molecule has 0 radical (unpaired) electrons. The van der Waals surface area contributed by atoms with Crippen LogP contribution < -0.4 is 9.47 Å². The molecule has 0 aromatic heterocycles. The molecule has 0 saturated carbocycles. The number of esters is 2. The topological polar surface area (TPSA) is 89.5 Å². The van der Waals surface area contributed by atoms with E-state index in [1.54, 1.807) is 13.8 Å². The van der Waals surface area contributed by atoms with E-state index in [0.29, 0.717) is 52.5 Å². The second-order valence-corrected chi connectivity index (χ2v) is 14.7. The van der Waals surface area contributed by atoms with Crippen LogP contribution >= 0.6 is 0 Å². The van der Waals surface area contributed by atoms with E-state index in [9.17, 15) is 9.59 Å². The summed E-state index contributed by atoms with van der Waals surface area (Å²) >= 11 is 0. The Hall–Kier alpha value is -6.84. The molecule has 0 fully saturated rings. The lowest BCUT2D eigenvalue weighted by Crippen LogP contribution is -2.28. The highest BCUT2D eigenvalue weighted by atomic mass is 16.6. The minimum absolute atomic E-state index is 0.315. The molecule has 0 spiro atoms. The molecular weight excluding hydrogens is 801 g/mol. The molecule has 5 aromatic rings. The molecule has 2 atom stereocenters. The Balaban J connectivity index is 1.24. The van der Waals surface area contributed by atoms with Crippen LogP contribution in [0.15, 0.2) is 145 Å². The average molecular weight is 859 g/mol. The summed E-state index contributed by atoms with van der Waals surface area (Å²) in [7, 11) is 0. The van der Waals surface area contributed by atoms with Gasteiger partial charge in [0.25, 0.3) is 0 Å². The summed E-state index contributed by atoms with van der Waals surface area (Å²) in [4.78, 5) is 24.5. The quantitative estimate of drug-likeness (QED) is 0.0565. The molecule has 0 bridgehead atoms. The largest absolute Gasteiger partial charge is 0.490 e. The average Bonchev–Trinajstić information content (AvgIpc) is 3.31. The van der Waals surface area contributed by atoms with E-state index in [1.807, 2.05) is 125 Å². The van der Waals surface area contributed by atoms with Crippen molar-refractivity contribution in [2.45, 2.75) is 66.6 Å². The zero-order chi connectivity index (χ0) is 45.5. The first-order valence-corrected chi connectivity index (χ1v) is 21.9. The fourth-order valence-corrected chi connectivity index (χ4v) is 6.67. The smallest absolute Gasteiger partial charge is 0.335 e. The highest BCUT2D eigenvalue weighted by Crippen LogP contribution is 2.35. The number of rotatable bonds is 20. The van der Waals surface area contributed by atoms with Crippen molar-refractivity contribution in [1.82, 2.24) is 0 Å². The van der Waals surface area contributed by atoms with Gasteiger partial charge >= 0.3 is 11.9 Å². The van der Waals surface area contributed by atoms with Gasteiger partial charge in [-0.1, -0.05) is 103 Å². The van der Waals surface area contributed by atoms with Gasteiger partial charge in [-0.05, 0) is 141 Å². The molecule has 0 aliphatic rings. The third kappa shape index (κ3) is 15.2. The van der Waals surface area contributed by atoms with Crippen LogP contribution in [-0.4, -0.2) is 63.8 Å². The van der Waals surface area contributed by atoms with Gasteiger partial charge in [0.15, 0.2) is 12.2 Å². The van der Waals surface area contributed by atoms with Gasteiger partial charge < -0.3 is 28.4 Å². The summed E-state index contributed by atoms with van der Waals surface area (Å²) in [6.07, 6.45) is 3.53. The van der Waals surface area contributed by atoms with Crippen LogP contribution in [0.1, 0.15) is 63.8 Å². The maximum Gasteiger partial charge on any atom is 0.335 e. The third-order valence-corrected chi connectivity index (χ3v) is 9.92. The highest BCUT2D eigenvalue weighted by molar-refractivity contribution is 5.87. The lowest BCUT2D eigenvalue weighted by molar-refractivity contribution is -0.157. The van der Waals surface area contributed by atoms with E-state index >= 15 is 0 Å². The zero-order valence-electron chi connectivity index (χ0n) is 37.8. The normalized spacial score (nSPS) is 12.2. The first-order valence-electron chi connectivity index (χ1n) is 21.9. The van der Waals surface area contributed by atoms with E-state index in [-0.39, 0.29) is 11.9 Å². The first kappa shape index (κ1) is 48.2. The number of carbonyl (C=O) groups excluding carboxylic acids is 2. The van der Waals surface area contributed by atoms with Gasteiger partial charge in [0.05, 0.1) is 13.2 Å². The lowest BCUT2D eigenvalue weighted by Gasteiger charge is -2.15. The van der Waals surface area contributed by atoms with Crippen molar-refractivity contribution in [3.8, 4) is 57.4 Å². The van der Waals surface area contributed by atoms with Gasteiger partial charge in [0.1, 0.15) is 24.7 Å². The molecule has 64 heavy (non-hydrogen) atoms. The van der Waals surface area contributed by atoms with Crippen LogP contribution in [0.25, 0.3) is 22.3 Å². The molecular formula is C56H58O8. The van der Waals surface area contributed by atoms with E-state index in [0.717, 1.165) is 67.2 Å². The molecule has 0 saturated heterocycles. The summed E-state index contributed by atoms with van der Waals surface area (Å²) in [6, 6.07) is 40.1. The van der Waals surface area contributed by atoms with Crippen molar-refractivity contribution in [1.29, 1.82) is 0 Å². The van der Waals surface area contributed by atoms with E-state index in [2.05, 4.69) is 60.1 Å². The Morgan fingerprint density at radius 3 is 1.55 bits per heavy atom. The molecule has 5 rings (SSSR count). The lowest BCUT2D eigenvalue weighted by atomic mass is 9.90. The number of hydrogen-bond acceptors (Lipinski definition) is 8. The Morgan fingerprint density at radius 2 is 1.03 bits per heavy atom. The van der Waals surface area contributed by atoms with Crippen molar-refractivity contribution in [3.05, 3.63) is 167 Å². The Morgan fingerprint density at radius 1 is 0.531 bits per heavy atom. The first-order chi connectivity index (χ1) is 31.2. The zero-order valence-corrected chi connectivity index (χ0v) is 37.8. The molecule has 0 aliphatic heterocycles. The SMILES string of the molecule is CCOC(=O)C(Cc1ccc(OC/C=C(\C)C#Cc2ccc(-c3ccccc3C#C/C(C)=C/COc3ccc(CC(OCC)C(=O)OCC)cc3)c(-c3ccccc3)c2)cc1)OCC. The van der Waals surface area contributed by atoms with Crippen LogP contribution in [-0.2, 0) is 41.4 Å². The highest BCUT2D eigenvalue weighted by Gasteiger charge is 2.21. The second-order valence-electron chi connectivity index (χ2n) is 14.7. The Labute approximate surface area is 379 Å². The van der Waals surface area contributed by atoms with Gasteiger partial charge in [-0.15, -0.1) is 0 Å². The van der Waals surface area contributed by atoms with Crippen LogP contribution in [0.2, 0.25) is 0 Å². The molecule has 8 nitrogen and oxygen atoms in total. The summed E-state index contributed by atoms with van der Waals surface area (Å²) in [5.74, 6) is 14.1. The van der Waals surface area contributed by atoms with E-state index in [4.69, 9.17) is 28.4 Å². The van der Waals surface area contributed by atoms with Crippen molar-refractivity contribution < 1.29 is 38.0 Å².